The summed E-state index contributed by atoms with van der Waals surface area (Å²) in [6.07, 6.45) is 2.91. The second-order valence-corrected chi connectivity index (χ2v) is 6.34. The van der Waals surface area contributed by atoms with Gasteiger partial charge in [-0.25, -0.2) is 0 Å². The SMILES string of the molecule is CC(=O)c1cccc(OCC(=O)NC2CCCc3cc(N)ccc32)c1. The molecule has 2 aromatic carbocycles. The molecular weight excluding hydrogens is 316 g/mol. The van der Waals surface area contributed by atoms with Gasteiger partial charge in [-0.1, -0.05) is 18.2 Å². The zero-order chi connectivity index (χ0) is 17.8. The Balaban J connectivity index is 1.60. The molecule has 1 atom stereocenters. The van der Waals surface area contributed by atoms with Crippen LogP contribution in [0.5, 0.6) is 5.75 Å². The Labute approximate surface area is 147 Å². The highest BCUT2D eigenvalue weighted by atomic mass is 16.5. The lowest BCUT2D eigenvalue weighted by atomic mass is 9.87. The molecule has 0 saturated carbocycles. The molecule has 0 aromatic heterocycles. The second-order valence-electron chi connectivity index (χ2n) is 6.34. The summed E-state index contributed by atoms with van der Waals surface area (Å²) >= 11 is 0. The maximum absolute atomic E-state index is 12.3. The third-order valence-electron chi connectivity index (χ3n) is 4.43. The summed E-state index contributed by atoms with van der Waals surface area (Å²) in [5.41, 5.74) is 9.49. The van der Waals surface area contributed by atoms with Gasteiger partial charge in [-0.05, 0) is 61.6 Å². The van der Waals surface area contributed by atoms with Gasteiger partial charge in [0.05, 0.1) is 6.04 Å². The molecule has 0 heterocycles. The van der Waals surface area contributed by atoms with E-state index in [4.69, 9.17) is 10.5 Å². The number of benzene rings is 2. The van der Waals surface area contributed by atoms with Crippen LogP contribution in [0.25, 0.3) is 0 Å². The number of nitrogen functional groups attached to an aromatic ring is 1. The third-order valence-corrected chi connectivity index (χ3v) is 4.43. The highest BCUT2D eigenvalue weighted by Crippen LogP contribution is 2.30. The quantitative estimate of drug-likeness (QED) is 0.648. The van der Waals surface area contributed by atoms with E-state index in [0.717, 1.165) is 30.5 Å². The summed E-state index contributed by atoms with van der Waals surface area (Å²) < 4.78 is 5.52. The van der Waals surface area contributed by atoms with Crippen molar-refractivity contribution in [1.82, 2.24) is 5.32 Å². The molecule has 130 valence electrons. The van der Waals surface area contributed by atoms with Crippen LogP contribution in [0.15, 0.2) is 42.5 Å². The van der Waals surface area contributed by atoms with E-state index in [0.29, 0.717) is 11.3 Å². The van der Waals surface area contributed by atoms with E-state index >= 15 is 0 Å². The minimum absolute atomic E-state index is 0.0102. The number of fused-ring (bicyclic) bond motifs is 1. The smallest absolute Gasteiger partial charge is 0.258 e. The summed E-state index contributed by atoms with van der Waals surface area (Å²) in [6.45, 7) is 1.42. The van der Waals surface area contributed by atoms with Gasteiger partial charge in [-0.15, -0.1) is 0 Å². The number of nitrogens with one attached hydrogen (secondary N) is 1. The van der Waals surface area contributed by atoms with Gasteiger partial charge in [0.2, 0.25) is 0 Å². The zero-order valence-electron chi connectivity index (χ0n) is 14.2. The van der Waals surface area contributed by atoms with Gasteiger partial charge in [0.15, 0.2) is 12.4 Å². The number of hydrogen-bond acceptors (Lipinski definition) is 4. The predicted molar refractivity (Wildman–Crippen MR) is 96.6 cm³/mol. The van der Waals surface area contributed by atoms with Gasteiger partial charge < -0.3 is 15.8 Å². The van der Waals surface area contributed by atoms with Crippen LogP contribution in [0.1, 0.15) is 47.3 Å². The van der Waals surface area contributed by atoms with Gasteiger partial charge >= 0.3 is 0 Å². The number of aryl methyl sites for hydroxylation is 1. The minimum Gasteiger partial charge on any atom is -0.484 e. The normalized spacial score (nSPS) is 16.0. The van der Waals surface area contributed by atoms with Crippen molar-refractivity contribution >= 4 is 17.4 Å². The fourth-order valence-corrected chi connectivity index (χ4v) is 3.17. The van der Waals surface area contributed by atoms with Crippen molar-refractivity contribution in [2.75, 3.05) is 12.3 Å². The second kappa shape index (κ2) is 7.38. The van der Waals surface area contributed by atoms with Crippen molar-refractivity contribution in [3.8, 4) is 5.75 Å². The molecule has 3 N–H and O–H groups in total. The van der Waals surface area contributed by atoms with Crippen molar-refractivity contribution in [3.05, 3.63) is 59.2 Å². The van der Waals surface area contributed by atoms with Gasteiger partial charge in [-0.2, -0.15) is 0 Å². The van der Waals surface area contributed by atoms with E-state index in [1.165, 1.54) is 12.5 Å². The molecular formula is C20H22N2O3. The van der Waals surface area contributed by atoms with Crippen LogP contribution in [0, 0.1) is 0 Å². The van der Waals surface area contributed by atoms with Crippen LogP contribution in [-0.4, -0.2) is 18.3 Å². The summed E-state index contributed by atoms with van der Waals surface area (Å²) in [7, 11) is 0. The monoisotopic (exact) mass is 338 g/mol. The number of ether oxygens (including phenoxy) is 1. The predicted octanol–water partition coefficient (Wildman–Crippen LogP) is 3.04. The molecule has 0 radical (unpaired) electrons. The number of carbonyl (C=O) groups excluding carboxylic acids is 2. The fourth-order valence-electron chi connectivity index (χ4n) is 3.17. The Kier molecular flexibility index (Phi) is 5.03. The molecule has 0 bridgehead atoms. The summed E-state index contributed by atoms with van der Waals surface area (Å²) in [5, 5.41) is 3.03. The van der Waals surface area contributed by atoms with Crippen LogP contribution in [0.4, 0.5) is 5.69 Å². The Hall–Kier alpha value is -2.82. The molecule has 1 amide bonds. The number of hydrogen-bond donors (Lipinski definition) is 2. The Morgan fingerprint density at radius 1 is 1.24 bits per heavy atom. The molecule has 5 nitrogen and oxygen atoms in total. The molecule has 2 aromatic rings. The van der Waals surface area contributed by atoms with E-state index in [9.17, 15) is 9.59 Å². The van der Waals surface area contributed by atoms with E-state index in [1.807, 2.05) is 18.2 Å². The van der Waals surface area contributed by atoms with E-state index in [1.54, 1.807) is 24.3 Å². The summed E-state index contributed by atoms with van der Waals surface area (Å²) in [5.74, 6) is 0.301. The van der Waals surface area contributed by atoms with Crippen LogP contribution in [-0.2, 0) is 11.2 Å². The van der Waals surface area contributed by atoms with Crippen molar-refractivity contribution in [3.63, 3.8) is 0 Å². The molecule has 1 aliphatic carbocycles. The molecule has 0 fully saturated rings. The largest absolute Gasteiger partial charge is 0.484 e. The van der Waals surface area contributed by atoms with Gasteiger partial charge in [0.1, 0.15) is 5.75 Å². The molecule has 3 rings (SSSR count). The van der Waals surface area contributed by atoms with E-state index in [2.05, 4.69) is 5.32 Å². The Bertz CT molecular complexity index is 801. The first-order valence-corrected chi connectivity index (χ1v) is 8.44. The van der Waals surface area contributed by atoms with Crippen LogP contribution >= 0.6 is 0 Å². The lowest BCUT2D eigenvalue weighted by Crippen LogP contribution is -2.34. The first-order valence-electron chi connectivity index (χ1n) is 8.44. The fraction of sp³-hybridized carbons (Fsp3) is 0.300. The summed E-state index contributed by atoms with van der Waals surface area (Å²) in [6, 6.07) is 12.7. The van der Waals surface area contributed by atoms with Crippen LogP contribution in [0.3, 0.4) is 0 Å². The van der Waals surface area contributed by atoms with Crippen LogP contribution < -0.4 is 15.8 Å². The van der Waals surface area contributed by atoms with Gasteiger partial charge in [-0.3, -0.25) is 9.59 Å². The highest BCUT2D eigenvalue weighted by molar-refractivity contribution is 5.94. The molecule has 0 aliphatic heterocycles. The highest BCUT2D eigenvalue weighted by Gasteiger charge is 2.22. The van der Waals surface area contributed by atoms with E-state index in [-0.39, 0.29) is 24.3 Å². The topological polar surface area (TPSA) is 81.4 Å². The van der Waals surface area contributed by atoms with Crippen molar-refractivity contribution < 1.29 is 14.3 Å². The lowest BCUT2D eigenvalue weighted by molar-refractivity contribution is -0.123. The van der Waals surface area contributed by atoms with Gasteiger partial charge in [0.25, 0.3) is 5.91 Å². The third kappa shape index (κ3) is 4.18. The number of carbonyl (C=O) groups is 2. The maximum atomic E-state index is 12.3. The molecule has 0 saturated heterocycles. The number of amides is 1. The average molecular weight is 338 g/mol. The first-order chi connectivity index (χ1) is 12.0. The Morgan fingerprint density at radius 2 is 2.08 bits per heavy atom. The molecule has 25 heavy (non-hydrogen) atoms. The molecule has 1 unspecified atom stereocenters. The standard InChI is InChI=1S/C20H22N2O3/c1-13(23)14-4-2-6-17(11-14)25-12-20(24)22-19-7-3-5-15-10-16(21)8-9-18(15)19/h2,4,6,8-11,19H,3,5,7,12,21H2,1H3,(H,22,24). The number of ketones is 1. The number of Topliss-reactive ketones (excluding diaryl/α,β-unsaturated/α-hetero) is 1. The molecule has 5 heteroatoms. The van der Waals surface area contributed by atoms with Crippen molar-refractivity contribution in [1.29, 1.82) is 0 Å². The van der Waals surface area contributed by atoms with Crippen molar-refractivity contribution in [2.24, 2.45) is 0 Å². The van der Waals surface area contributed by atoms with Crippen molar-refractivity contribution in [2.45, 2.75) is 32.2 Å². The maximum Gasteiger partial charge on any atom is 0.258 e. The number of nitrogens with two attached hydrogens (primary N) is 1. The number of anilines is 1. The minimum atomic E-state index is -0.178. The summed E-state index contributed by atoms with van der Waals surface area (Å²) in [4.78, 5) is 23.6. The molecule has 1 aliphatic rings. The van der Waals surface area contributed by atoms with Crippen LogP contribution in [0.2, 0.25) is 0 Å². The average Bonchev–Trinajstić information content (AvgIpc) is 2.60. The Morgan fingerprint density at radius 3 is 2.88 bits per heavy atom. The van der Waals surface area contributed by atoms with E-state index < -0.39 is 0 Å². The first kappa shape index (κ1) is 17.0. The number of rotatable bonds is 5. The zero-order valence-corrected chi connectivity index (χ0v) is 14.2. The molecule has 0 spiro atoms. The lowest BCUT2D eigenvalue weighted by Gasteiger charge is -2.26. The van der Waals surface area contributed by atoms with Gasteiger partial charge in [0, 0.05) is 11.3 Å².